The Morgan fingerprint density at radius 3 is 0.625 bits per heavy atom. The van der Waals surface area contributed by atoms with Crippen molar-refractivity contribution in [3.05, 3.63) is 20.0 Å². The normalized spacial score (nSPS) is 0.750. The van der Waals surface area contributed by atoms with E-state index in [0.717, 1.165) is 0 Å². The third kappa shape index (κ3) is 3140. The molecule has 3 nitrogen and oxygen atoms in total. The van der Waals surface area contributed by atoms with Crippen LogP contribution in [-0.4, -0.2) is 0 Å². The maximum Gasteiger partial charge on any atom is 3.00 e. The quantitative estimate of drug-likeness (QED) is 0.296. The van der Waals surface area contributed by atoms with Crippen LogP contribution in [0.25, 0.3) is 0 Å². The second-order valence-electron chi connectivity index (χ2n) is 0. The van der Waals surface area contributed by atoms with Crippen molar-refractivity contribution in [3.63, 3.8) is 0 Å². The molecule has 45 valence electrons. The van der Waals surface area contributed by atoms with Crippen molar-refractivity contribution in [2.24, 2.45) is 0 Å². The molecule has 0 aromatic rings. The van der Waals surface area contributed by atoms with Gasteiger partial charge in [-0.25, -0.2) is 0 Å². The minimum Gasteiger partial charge on any atom is 0 e. The van der Waals surface area contributed by atoms with Crippen molar-refractivity contribution in [1.82, 2.24) is 0 Å². The van der Waals surface area contributed by atoms with Gasteiger partial charge in [-0.05, 0) is 0 Å². The fourth-order valence-corrected chi connectivity index (χ4v) is 0. The largest absolute Gasteiger partial charge is 3.00 e. The Morgan fingerprint density at radius 2 is 0.625 bits per heavy atom. The van der Waals surface area contributed by atoms with Gasteiger partial charge in [-0.1, -0.05) is 0 Å². The molecular weight excluding hydrogens is 199 g/mol. The van der Waals surface area contributed by atoms with E-state index in [4.69, 9.17) is 14.0 Å². The van der Waals surface area contributed by atoms with Gasteiger partial charge in [0.05, 0.1) is 0 Å². The van der Waals surface area contributed by atoms with Gasteiger partial charge in [0.25, 0.3) is 0 Å². The molecule has 5 heteroatoms. The van der Waals surface area contributed by atoms with Crippen molar-refractivity contribution < 1.29 is 47.5 Å². The molecule has 1 radical (unpaired) electrons. The molecule has 0 heterocycles. The molecule has 8 heavy (non-hydrogen) atoms. The molecule has 0 aromatic carbocycles. The Hall–Kier alpha value is 0.233. The van der Waals surface area contributed by atoms with Crippen LogP contribution in [-0.2, 0) is 47.5 Å². The summed E-state index contributed by atoms with van der Waals surface area (Å²) < 4.78 is 22.5. The molecule has 0 saturated heterocycles. The maximum absolute atomic E-state index is 7.50. The SMILES string of the molecule is [C-]#[O+].[C-]#[O+].[C-]#[O+].[Fe+3].[Ni]. The molecule has 0 rings (SSSR count). The average Bonchev–Trinajstić information content (AvgIpc) is 1.81. The first-order valence-electron chi connectivity index (χ1n) is 0.612. The van der Waals surface area contributed by atoms with Gasteiger partial charge in [0.2, 0.25) is 0 Å². The molecule has 0 spiro atoms. The molecule has 0 amide bonds. The maximum atomic E-state index is 7.50. The van der Waals surface area contributed by atoms with Crippen LogP contribution in [0.4, 0.5) is 0 Å². The van der Waals surface area contributed by atoms with E-state index in [2.05, 4.69) is 20.0 Å². The summed E-state index contributed by atoms with van der Waals surface area (Å²) in [4.78, 5) is 0. The molecule has 0 unspecified atom stereocenters. The molecule has 0 atom stereocenters. The van der Waals surface area contributed by atoms with Crippen molar-refractivity contribution in [2.75, 3.05) is 0 Å². The van der Waals surface area contributed by atoms with E-state index in [9.17, 15) is 0 Å². The standard InChI is InChI=1S/3CO.Fe.Ni/c3*1-2;;/q;;;+3;. The van der Waals surface area contributed by atoms with E-state index in [1.54, 1.807) is 0 Å². The minimum atomic E-state index is 0. The Labute approximate surface area is 67.8 Å². The van der Waals surface area contributed by atoms with Gasteiger partial charge in [-0.2, -0.15) is 0 Å². The van der Waals surface area contributed by atoms with Crippen molar-refractivity contribution in [2.45, 2.75) is 0 Å². The first-order valence-corrected chi connectivity index (χ1v) is 0.612. The molecule has 0 aliphatic heterocycles. The summed E-state index contributed by atoms with van der Waals surface area (Å²) >= 11 is 0. The smallest absolute Gasteiger partial charge is 0 e. The van der Waals surface area contributed by atoms with E-state index in [1.807, 2.05) is 0 Å². The average molecular weight is 199 g/mol. The van der Waals surface area contributed by atoms with Crippen LogP contribution in [0, 0.1) is 20.0 Å². The van der Waals surface area contributed by atoms with Crippen LogP contribution in [0.2, 0.25) is 0 Å². The predicted octanol–water partition coefficient (Wildman–Crippen LogP) is -0.118. The predicted molar refractivity (Wildman–Crippen MR) is 11.8 cm³/mol. The molecule has 0 aliphatic carbocycles. The van der Waals surface area contributed by atoms with Gasteiger partial charge >= 0.3 is 51.0 Å². The third-order valence-electron chi connectivity index (χ3n) is 0. The van der Waals surface area contributed by atoms with Gasteiger partial charge in [-0.15, -0.1) is 0 Å². The van der Waals surface area contributed by atoms with Gasteiger partial charge in [0.15, 0.2) is 0 Å². The van der Waals surface area contributed by atoms with Crippen LogP contribution in [0.3, 0.4) is 0 Å². The second-order valence-corrected chi connectivity index (χ2v) is 0. The summed E-state index contributed by atoms with van der Waals surface area (Å²) in [5.74, 6) is 0. The molecule has 0 aromatic heterocycles. The Kier molecular flexibility index (Phi) is 26700. The topological polar surface area (TPSA) is 59.7 Å². The summed E-state index contributed by atoms with van der Waals surface area (Å²) in [7, 11) is 0. The third-order valence-corrected chi connectivity index (χ3v) is 0. The monoisotopic (exact) mass is 198 g/mol. The van der Waals surface area contributed by atoms with Crippen LogP contribution in [0.15, 0.2) is 0 Å². The van der Waals surface area contributed by atoms with Gasteiger partial charge in [0.1, 0.15) is 0 Å². The number of hydrogen-bond acceptors (Lipinski definition) is 0. The van der Waals surface area contributed by atoms with Gasteiger partial charge in [-0.3, -0.25) is 0 Å². The molecule has 0 fully saturated rings. The van der Waals surface area contributed by atoms with Crippen LogP contribution < -0.4 is 0 Å². The fourth-order valence-electron chi connectivity index (χ4n) is 0. The number of rotatable bonds is 0. The summed E-state index contributed by atoms with van der Waals surface area (Å²) in [5, 5.41) is 0. The van der Waals surface area contributed by atoms with Crippen molar-refractivity contribution >= 4 is 0 Å². The summed E-state index contributed by atoms with van der Waals surface area (Å²) in [5.41, 5.74) is 0. The molecule has 0 bridgehead atoms. The molecule has 0 aliphatic rings. The van der Waals surface area contributed by atoms with Crippen LogP contribution >= 0.6 is 0 Å². The van der Waals surface area contributed by atoms with Crippen LogP contribution in [0.5, 0.6) is 0 Å². The zero-order valence-corrected chi connectivity index (χ0v) is 5.49. The van der Waals surface area contributed by atoms with E-state index in [0.29, 0.717) is 0 Å². The summed E-state index contributed by atoms with van der Waals surface area (Å²) in [6.45, 7) is 13.5. The molecule has 0 N–H and O–H groups in total. The van der Waals surface area contributed by atoms with Crippen LogP contribution in [0.1, 0.15) is 0 Å². The van der Waals surface area contributed by atoms with E-state index >= 15 is 0 Å². The number of hydrogen-bond donors (Lipinski definition) is 0. The minimum absolute atomic E-state index is 0. The van der Waals surface area contributed by atoms with Gasteiger partial charge < -0.3 is 0 Å². The Morgan fingerprint density at radius 1 is 0.625 bits per heavy atom. The Balaban J connectivity index is -0.00000000500. The molecule has 0 saturated carbocycles. The second kappa shape index (κ2) is 5180. The summed E-state index contributed by atoms with van der Waals surface area (Å²) in [6, 6.07) is 0. The first-order chi connectivity index (χ1) is 3.00. The van der Waals surface area contributed by atoms with Crippen molar-refractivity contribution in [3.8, 4) is 0 Å². The Bertz CT molecular complexity index is 43.0. The van der Waals surface area contributed by atoms with E-state index in [-0.39, 0.29) is 33.6 Å². The zero-order valence-electron chi connectivity index (χ0n) is 3.39. The first kappa shape index (κ1) is 41.2. The van der Waals surface area contributed by atoms with Crippen molar-refractivity contribution in [1.29, 1.82) is 0 Å². The van der Waals surface area contributed by atoms with E-state index in [1.165, 1.54) is 0 Å². The molecular formula is C3FeNiO3+3. The fraction of sp³-hybridized carbons (Fsp3) is 0. The zero-order chi connectivity index (χ0) is 6.00. The van der Waals surface area contributed by atoms with E-state index < -0.39 is 0 Å². The van der Waals surface area contributed by atoms with Gasteiger partial charge in [0, 0.05) is 16.5 Å². The summed E-state index contributed by atoms with van der Waals surface area (Å²) in [6.07, 6.45) is 0.